The number of hydrogen-bond acceptors (Lipinski definition) is 6. The molecule has 1 fully saturated rings. The molecule has 2 amide bonds. The largest absolute Gasteiger partial charge is 0.487 e. The quantitative estimate of drug-likeness (QED) is 0.114. The molecule has 0 saturated carbocycles. The number of carbonyl (C=O) groups is 2. The Morgan fingerprint density at radius 3 is 2.34 bits per heavy atom. The molecule has 4 aromatic rings. The number of nitro groups is 1. The van der Waals surface area contributed by atoms with Crippen molar-refractivity contribution < 1.29 is 19.2 Å². The number of rotatable bonds is 7. The number of benzene rings is 4. The molecular formula is C28H18Br2N2O5S. The van der Waals surface area contributed by atoms with E-state index in [4.69, 9.17) is 4.74 Å². The van der Waals surface area contributed by atoms with Gasteiger partial charge in [-0.05, 0) is 83.7 Å². The lowest BCUT2D eigenvalue weighted by Gasteiger charge is -2.13. The molecule has 190 valence electrons. The maximum absolute atomic E-state index is 13.0. The van der Waals surface area contributed by atoms with Crippen molar-refractivity contribution in [3.05, 3.63) is 120 Å². The van der Waals surface area contributed by atoms with Crippen molar-refractivity contribution in [1.82, 2.24) is 4.90 Å². The zero-order valence-electron chi connectivity index (χ0n) is 19.6. The summed E-state index contributed by atoms with van der Waals surface area (Å²) >= 11 is 7.92. The Bertz CT molecular complexity index is 1610. The van der Waals surface area contributed by atoms with Crippen LogP contribution in [0.2, 0.25) is 0 Å². The average molecular weight is 654 g/mol. The van der Waals surface area contributed by atoms with E-state index in [0.717, 1.165) is 33.0 Å². The van der Waals surface area contributed by atoms with E-state index < -0.39 is 16.1 Å². The molecule has 0 atom stereocenters. The second-order valence-electron chi connectivity index (χ2n) is 8.39. The number of imide groups is 1. The van der Waals surface area contributed by atoms with Crippen LogP contribution in [0.25, 0.3) is 16.8 Å². The summed E-state index contributed by atoms with van der Waals surface area (Å²) in [4.78, 5) is 37.6. The van der Waals surface area contributed by atoms with Crippen LogP contribution in [-0.2, 0) is 17.9 Å². The Balaban J connectivity index is 1.34. The fourth-order valence-electron chi connectivity index (χ4n) is 4.15. The first-order chi connectivity index (χ1) is 18.3. The normalized spacial score (nSPS) is 14.5. The number of thioether (sulfide) groups is 1. The maximum atomic E-state index is 13.0. The minimum absolute atomic E-state index is 0.137. The fraction of sp³-hybridized carbons (Fsp3) is 0.0714. The Labute approximate surface area is 238 Å². The number of carbonyl (C=O) groups excluding carboxylic acids is 2. The third-order valence-corrected chi connectivity index (χ3v) is 8.05. The van der Waals surface area contributed by atoms with Crippen LogP contribution in [-0.4, -0.2) is 21.0 Å². The van der Waals surface area contributed by atoms with Gasteiger partial charge in [-0.3, -0.25) is 24.6 Å². The van der Waals surface area contributed by atoms with Gasteiger partial charge >= 0.3 is 0 Å². The smallest absolute Gasteiger partial charge is 0.293 e. The molecular weight excluding hydrogens is 636 g/mol. The molecule has 1 aliphatic heterocycles. The Morgan fingerprint density at radius 2 is 1.58 bits per heavy atom. The first kappa shape index (κ1) is 26.1. The topological polar surface area (TPSA) is 89.8 Å². The molecule has 1 saturated heterocycles. The van der Waals surface area contributed by atoms with Crippen molar-refractivity contribution >= 4 is 77.3 Å². The summed E-state index contributed by atoms with van der Waals surface area (Å²) in [7, 11) is 0. The molecule has 1 aliphatic rings. The van der Waals surface area contributed by atoms with Crippen molar-refractivity contribution in [2.24, 2.45) is 0 Å². The molecule has 0 unspecified atom stereocenters. The number of fused-ring (bicyclic) bond motifs is 1. The van der Waals surface area contributed by atoms with Gasteiger partial charge < -0.3 is 4.74 Å². The minimum Gasteiger partial charge on any atom is -0.487 e. The third-order valence-electron chi connectivity index (χ3n) is 5.96. The number of hydrogen-bond donors (Lipinski definition) is 0. The van der Waals surface area contributed by atoms with E-state index >= 15 is 0 Å². The van der Waals surface area contributed by atoms with Crippen LogP contribution < -0.4 is 4.74 Å². The predicted molar refractivity (Wildman–Crippen MR) is 155 cm³/mol. The molecule has 0 bridgehead atoms. The van der Waals surface area contributed by atoms with E-state index in [2.05, 4.69) is 50.1 Å². The van der Waals surface area contributed by atoms with Gasteiger partial charge in [-0.25, -0.2) is 0 Å². The zero-order valence-corrected chi connectivity index (χ0v) is 23.6. The van der Waals surface area contributed by atoms with Gasteiger partial charge in [0.1, 0.15) is 12.4 Å². The number of nitrogens with zero attached hydrogens (tertiary/aromatic N) is 2. The molecule has 0 aliphatic carbocycles. The molecule has 7 nitrogen and oxygen atoms in total. The molecule has 4 aromatic carbocycles. The number of nitro benzene ring substituents is 1. The molecule has 1 heterocycles. The summed E-state index contributed by atoms with van der Waals surface area (Å²) in [5.74, 6) is 0.112. The lowest BCUT2D eigenvalue weighted by molar-refractivity contribution is -0.385. The summed E-state index contributed by atoms with van der Waals surface area (Å²) in [6.07, 6.45) is 1.62. The lowest BCUT2D eigenvalue weighted by atomic mass is 10.1. The fourth-order valence-corrected chi connectivity index (χ4v) is 6.44. The van der Waals surface area contributed by atoms with Gasteiger partial charge in [0.15, 0.2) is 0 Å². The highest BCUT2D eigenvalue weighted by atomic mass is 79.9. The summed E-state index contributed by atoms with van der Waals surface area (Å²) in [5.41, 5.74) is 1.89. The lowest BCUT2D eigenvalue weighted by Crippen LogP contribution is -2.27. The second kappa shape index (κ2) is 11.1. The number of para-hydroxylation sites is 1. The number of halogens is 2. The molecule has 0 spiro atoms. The van der Waals surface area contributed by atoms with Gasteiger partial charge in [0.2, 0.25) is 0 Å². The number of amides is 2. The molecule has 0 aromatic heterocycles. The van der Waals surface area contributed by atoms with Gasteiger partial charge in [-0.2, -0.15) is 0 Å². The van der Waals surface area contributed by atoms with Crippen molar-refractivity contribution in [1.29, 1.82) is 0 Å². The van der Waals surface area contributed by atoms with E-state index in [1.165, 1.54) is 12.1 Å². The van der Waals surface area contributed by atoms with Crippen LogP contribution in [0.15, 0.2) is 92.7 Å². The first-order valence-electron chi connectivity index (χ1n) is 11.4. The van der Waals surface area contributed by atoms with E-state index in [0.29, 0.717) is 32.4 Å². The first-order valence-corrected chi connectivity index (χ1v) is 13.8. The standard InChI is InChI=1S/C28H18Br2N2O5S/c29-22-12-17(13-23(30)26(22)37-16-20-9-5-8-18-6-1-3-10-21(18)20)14-25-27(33)31(28(34)38-25)15-19-7-2-4-11-24(19)32(35)36/h1-14H,15-16H2/b25-14-. The van der Waals surface area contributed by atoms with E-state index in [1.807, 2.05) is 24.3 Å². The molecule has 10 heteroatoms. The van der Waals surface area contributed by atoms with Crippen LogP contribution in [0.3, 0.4) is 0 Å². The van der Waals surface area contributed by atoms with Crippen molar-refractivity contribution in [3.8, 4) is 5.75 Å². The van der Waals surface area contributed by atoms with Gasteiger partial charge in [-0.1, -0.05) is 60.7 Å². The van der Waals surface area contributed by atoms with Crippen LogP contribution in [0, 0.1) is 10.1 Å². The monoisotopic (exact) mass is 652 g/mol. The molecule has 0 radical (unpaired) electrons. The Kier molecular flexibility index (Phi) is 7.64. The van der Waals surface area contributed by atoms with Crippen LogP contribution >= 0.6 is 43.6 Å². The highest BCUT2D eigenvalue weighted by Crippen LogP contribution is 2.39. The van der Waals surface area contributed by atoms with E-state index in [-0.39, 0.29) is 17.1 Å². The number of ether oxygens (including phenoxy) is 1. The SMILES string of the molecule is O=C1S/C(=C\c2cc(Br)c(OCc3cccc4ccccc34)c(Br)c2)C(=O)N1Cc1ccccc1[N+](=O)[O-]. The van der Waals surface area contributed by atoms with Gasteiger partial charge in [0.25, 0.3) is 16.8 Å². The van der Waals surface area contributed by atoms with Crippen LogP contribution in [0.1, 0.15) is 16.7 Å². The summed E-state index contributed by atoms with van der Waals surface area (Å²) in [5, 5.41) is 13.1. The highest BCUT2D eigenvalue weighted by Gasteiger charge is 2.36. The highest BCUT2D eigenvalue weighted by molar-refractivity contribution is 9.11. The van der Waals surface area contributed by atoms with Gasteiger partial charge in [0, 0.05) is 11.6 Å². The van der Waals surface area contributed by atoms with E-state index in [1.54, 1.807) is 30.3 Å². The third kappa shape index (κ3) is 5.38. The predicted octanol–water partition coefficient (Wildman–Crippen LogP) is 8.09. The summed E-state index contributed by atoms with van der Waals surface area (Å²) in [6.45, 7) is 0.190. The Hall–Kier alpha value is -3.47. The van der Waals surface area contributed by atoms with Crippen LogP contribution in [0.5, 0.6) is 5.75 Å². The molecule has 38 heavy (non-hydrogen) atoms. The van der Waals surface area contributed by atoms with Gasteiger partial charge in [-0.15, -0.1) is 0 Å². The van der Waals surface area contributed by atoms with E-state index in [9.17, 15) is 19.7 Å². The van der Waals surface area contributed by atoms with Crippen molar-refractivity contribution in [3.63, 3.8) is 0 Å². The zero-order chi connectivity index (χ0) is 26.8. The average Bonchev–Trinajstić information content (AvgIpc) is 3.15. The maximum Gasteiger partial charge on any atom is 0.293 e. The minimum atomic E-state index is -0.525. The van der Waals surface area contributed by atoms with Gasteiger partial charge in [0.05, 0.1) is 25.3 Å². The summed E-state index contributed by atoms with van der Waals surface area (Å²) < 4.78 is 7.49. The van der Waals surface area contributed by atoms with Crippen molar-refractivity contribution in [2.75, 3.05) is 0 Å². The van der Waals surface area contributed by atoms with Crippen molar-refractivity contribution in [2.45, 2.75) is 13.2 Å². The Morgan fingerprint density at radius 1 is 0.921 bits per heavy atom. The molecule has 5 rings (SSSR count). The molecule has 0 N–H and O–H groups in total. The second-order valence-corrected chi connectivity index (χ2v) is 11.1. The van der Waals surface area contributed by atoms with Crippen LogP contribution in [0.4, 0.5) is 10.5 Å². The summed E-state index contributed by atoms with van der Waals surface area (Å²) in [6, 6.07) is 23.9.